The Morgan fingerprint density at radius 2 is 1.32 bits per heavy atom. The number of benzene rings is 4. The van der Waals surface area contributed by atoms with E-state index in [-0.39, 0.29) is 5.41 Å². The van der Waals surface area contributed by atoms with Gasteiger partial charge in [0.2, 0.25) is 0 Å². The van der Waals surface area contributed by atoms with Crippen molar-refractivity contribution in [1.29, 1.82) is 0 Å². The van der Waals surface area contributed by atoms with E-state index in [1.807, 2.05) is 0 Å². The third kappa shape index (κ3) is 3.66. The summed E-state index contributed by atoms with van der Waals surface area (Å²) in [5.41, 5.74) is 14.5. The molecule has 3 aliphatic carbocycles. The van der Waals surface area contributed by atoms with Gasteiger partial charge >= 0.3 is 0 Å². The Hall–Kier alpha value is -3.32. The zero-order chi connectivity index (χ0) is 25.3. The minimum absolute atomic E-state index is 0.0105. The second kappa shape index (κ2) is 8.35. The first-order chi connectivity index (χ1) is 17.9. The Bertz CT molecular complexity index is 1480. The molecule has 0 aliphatic heterocycles. The molecule has 0 bridgehead atoms. The highest BCUT2D eigenvalue weighted by Crippen LogP contribution is 2.56. The molecule has 2 saturated carbocycles. The van der Waals surface area contributed by atoms with Crippen molar-refractivity contribution in [3.8, 4) is 22.3 Å². The minimum Gasteiger partial charge on any atom is -0.338 e. The van der Waals surface area contributed by atoms with Gasteiger partial charge in [0.1, 0.15) is 0 Å². The quantitative estimate of drug-likeness (QED) is 0.264. The molecule has 1 heteroatoms. The second-order valence-electron chi connectivity index (χ2n) is 12.2. The van der Waals surface area contributed by atoms with Gasteiger partial charge in [0.25, 0.3) is 0 Å². The molecule has 37 heavy (non-hydrogen) atoms. The molecule has 186 valence electrons. The fraction of sp³-hybridized carbons (Fsp3) is 0.333. The van der Waals surface area contributed by atoms with E-state index in [0.29, 0.717) is 17.9 Å². The summed E-state index contributed by atoms with van der Waals surface area (Å²) in [5, 5.41) is 0. The van der Waals surface area contributed by atoms with Crippen LogP contribution in [0, 0.1) is 0 Å². The molecular weight excluding hydrogens is 446 g/mol. The lowest BCUT2D eigenvalue weighted by Gasteiger charge is -2.35. The zero-order valence-corrected chi connectivity index (χ0v) is 22.6. The van der Waals surface area contributed by atoms with Crippen LogP contribution in [0.5, 0.6) is 0 Å². The van der Waals surface area contributed by atoms with Crippen LogP contribution in [0.1, 0.15) is 87.5 Å². The smallest absolute Gasteiger partial charge is 0.0454 e. The Balaban J connectivity index is 1.46. The number of nitrogens with zero attached hydrogens (tertiary/aromatic N) is 1. The van der Waals surface area contributed by atoms with Gasteiger partial charge < -0.3 is 4.90 Å². The second-order valence-corrected chi connectivity index (χ2v) is 12.2. The van der Waals surface area contributed by atoms with E-state index in [1.54, 1.807) is 11.1 Å². The molecule has 0 amide bonds. The summed E-state index contributed by atoms with van der Waals surface area (Å²) in [5.74, 6) is 1.34. The van der Waals surface area contributed by atoms with Gasteiger partial charge in [0, 0.05) is 22.8 Å². The summed E-state index contributed by atoms with van der Waals surface area (Å²) in [4.78, 5) is 2.69. The zero-order valence-electron chi connectivity index (χ0n) is 22.6. The average molecular weight is 484 g/mol. The number of anilines is 2. The van der Waals surface area contributed by atoms with Crippen LogP contribution >= 0.6 is 0 Å². The summed E-state index contributed by atoms with van der Waals surface area (Å²) in [7, 11) is 0. The standard InChI is InChI=1S/C36H37N/c1-23(2)37(33-16-10-14-27(35(33)26-19-20-26)24-11-6-5-7-12-24)34-22-32-30(21-29(34)25-17-18-25)28-13-8-9-15-31(28)36(32,3)4/h5-16,21-23,25-26H,17-20H2,1-4H3. The lowest BCUT2D eigenvalue weighted by atomic mass is 9.81. The Morgan fingerprint density at radius 3 is 2.03 bits per heavy atom. The fourth-order valence-electron chi connectivity index (χ4n) is 6.80. The van der Waals surface area contributed by atoms with E-state index >= 15 is 0 Å². The summed E-state index contributed by atoms with van der Waals surface area (Å²) in [6.07, 6.45) is 5.21. The molecule has 0 saturated heterocycles. The molecule has 0 unspecified atom stereocenters. The SMILES string of the molecule is CC(C)N(c1cc2c(cc1C1CC1)-c1ccccc1C2(C)C)c1cccc(-c2ccccc2)c1C1CC1. The highest BCUT2D eigenvalue weighted by atomic mass is 15.2. The topological polar surface area (TPSA) is 3.24 Å². The third-order valence-electron chi connectivity index (χ3n) is 8.94. The molecule has 3 aliphatic rings. The van der Waals surface area contributed by atoms with E-state index in [9.17, 15) is 0 Å². The lowest BCUT2D eigenvalue weighted by Crippen LogP contribution is -2.28. The van der Waals surface area contributed by atoms with Gasteiger partial charge in [-0.3, -0.25) is 0 Å². The molecule has 4 aromatic rings. The van der Waals surface area contributed by atoms with E-state index in [4.69, 9.17) is 0 Å². The van der Waals surface area contributed by atoms with Gasteiger partial charge in [-0.1, -0.05) is 80.6 Å². The maximum Gasteiger partial charge on any atom is 0.0454 e. The van der Waals surface area contributed by atoms with Crippen molar-refractivity contribution >= 4 is 11.4 Å². The van der Waals surface area contributed by atoms with Crippen LogP contribution in [-0.4, -0.2) is 6.04 Å². The van der Waals surface area contributed by atoms with E-state index < -0.39 is 0 Å². The Morgan fingerprint density at radius 1 is 0.649 bits per heavy atom. The molecule has 4 aromatic carbocycles. The van der Waals surface area contributed by atoms with Crippen molar-refractivity contribution in [2.24, 2.45) is 0 Å². The lowest BCUT2D eigenvalue weighted by molar-refractivity contribution is 0.659. The van der Waals surface area contributed by atoms with Crippen LogP contribution in [0.3, 0.4) is 0 Å². The summed E-state index contributed by atoms with van der Waals surface area (Å²) >= 11 is 0. The van der Waals surface area contributed by atoms with E-state index in [0.717, 1.165) is 0 Å². The van der Waals surface area contributed by atoms with Crippen molar-refractivity contribution < 1.29 is 0 Å². The molecule has 0 atom stereocenters. The van der Waals surface area contributed by atoms with Crippen molar-refractivity contribution in [3.63, 3.8) is 0 Å². The summed E-state index contributed by atoms with van der Waals surface area (Å²) < 4.78 is 0. The summed E-state index contributed by atoms with van der Waals surface area (Å²) in [6.45, 7) is 9.55. The van der Waals surface area contributed by atoms with E-state index in [2.05, 4.69) is 118 Å². The highest BCUT2D eigenvalue weighted by molar-refractivity contribution is 5.87. The van der Waals surface area contributed by atoms with Crippen LogP contribution in [0.15, 0.2) is 84.9 Å². The first kappa shape index (κ1) is 22.8. The van der Waals surface area contributed by atoms with Crippen molar-refractivity contribution in [1.82, 2.24) is 0 Å². The monoisotopic (exact) mass is 483 g/mol. The molecule has 1 nitrogen and oxygen atoms in total. The van der Waals surface area contributed by atoms with Gasteiger partial charge in [-0.05, 0) is 114 Å². The Labute approximate surface area is 222 Å². The molecule has 0 radical (unpaired) electrons. The van der Waals surface area contributed by atoms with Gasteiger partial charge in [0.05, 0.1) is 0 Å². The first-order valence-corrected chi connectivity index (χ1v) is 14.2. The van der Waals surface area contributed by atoms with E-state index in [1.165, 1.54) is 70.4 Å². The molecule has 0 N–H and O–H groups in total. The van der Waals surface area contributed by atoms with Crippen LogP contribution in [-0.2, 0) is 5.41 Å². The molecule has 7 rings (SSSR count). The maximum absolute atomic E-state index is 2.69. The molecular formula is C36H37N. The van der Waals surface area contributed by atoms with Gasteiger partial charge in [-0.25, -0.2) is 0 Å². The molecule has 2 fully saturated rings. The van der Waals surface area contributed by atoms with Crippen LogP contribution in [0.25, 0.3) is 22.3 Å². The van der Waals surface area contributed by atoms with Gasteiger partial charge in [-0.2, -0.15) is 0 Å². The predicted octanol–water partition coefficient (Wildman–Crippen LogP) is 9.96. The van der Waals surface area contributed by atoms with Crippen LogP contribution in [0.2, 0.25) is 0 Å². The van der Waals surface area contributed by atoms with Crippen LogP contribution < -0.4 is 4.90 Å². The van der Waals surface area contributed by atoms with Gasteiger partial charge in [0.15, 0.2) is 0 Å². The molecule has 0 heterocycles. The number of hydrogen-bond donors (Lipinski definition) is 0. The van der Waals surface area contributed by atoms with Gasteiger partial charge in [-0.15, -0.1) is 0 Å². The first-order valence-electron chi connectivity index (χ1n) is 14.2. The minimum atomic E-state index is 0.0105. The fourth-order valence-corrected chi connectivity index (χ4v) is 6.80. The maximum atomic E-state index is 2.69. The van der Waals surface area contributed by atoms with Crippen molar-refractivity contribution in [3.05, 3.63) is 107 Å². The summed E-state index contributed by atoms with van der Waals surface area (Å²) in [6, 6.07) is 32.6. The van der Waals surface area contributed by atoms with Crippen LogP contribution in [0.4, 0.5) is 11.4 Å². The average Bonchev–Trinajstić information content (AvgIpc) is 3.83. The molecule has 0 aromatic heterocycles. The third-order valence-corrected chi connectivity index (χ3v) is 8.94. The number of hydrogen-bond acceptors (Lipinski definition) is 1. The highest BCUT2D eigenvalue weighted by Gasteiger charge is 2.40. The normalized spacial score (nSPS) is 17.5. The van der Waals surface area contributed by atoms with Crippen molar-refractivity contribution in [2.75, 3.05) is 4.90 Å². The number of rotatable bonds is 6. The Kier molecular flexibility index (Phi) is 5.15. The number of fused-ring (bicyclic) bond motifs is 3. The van der Waals surface area contributed by atoms with Crippen molar-refractivity contribution in [2.45, 2.75) is 76.7 Å². The molecule has 0 spiro atoms. The predicted molar refractivity (Wildman–Crippen MR) is 157 cm³/mol. The largest absolute Gasteiger partial charge is 0.338 e.